The molecule has 1 rings (SSSR count). The molecular weight excluding hydrogens is 262 g/mol. The zero-order valence-electron chi connectivity index (χ0n) is 8.55. The maximum atomic E-state index is 5.53. The van der Waals surface area contributed by atoms with E-state index in [2.05, 4.69) is 39.6 Å². The highest BCUT2D eigenvalue weighted by molar-refractivity contribution is 9.10. The van der Waals surface area contributed by atoms with Crippen LogP contribution in [-0.4, -0.2) is 20.3 Å². The Hall–Kier alpha value is 0.1000. The molecule has 0 saturated carbocycles. The van der Waals surface area contributed by atoms with Gasteiger partial charge in [0.15, 0.2) is 0 Å². The van der Waals surface area contributed by atoms with Gasteiger partial charge in [-0.15, -0.1) is 11.3 Å². The summed E-state index contributed by atoms with van der Waals surface area (Å²) >= 11 is 5.20. The van der Waals surface area contributed by atoms with Crippen molar-refractivity contribution in [2.45, 2.75) is 19.4 Å². The van der Waals surface area contributed by atoms with Gasteiger partial charge in [-0.2, -0.15) is 0 Å². The fourth-order valence-electron chi connectivity index (χ4n) is 1.16. The van der Waals surface area contributed by atoms with E-state index in [0.29, 0.717) is 6.04 Å². The van der Waals surface area contributed by atoms with Crippen molar-refractivity contribution in [3.63, 3.8) is 0 Å². The van der Waals surface area contributed by atoms with Crippen LogP contribution in [0.5, 0.6) is 0 Å². The van der Waals surface area contributed by atoms with Crippen molar-refractivity contribution in [1.82, 2.24) is 5.32 Å². The standard InChI is InChI=1S/C10H16BrNOS/c1-3-4-13-6-9(12-2)10-5-8(11)7-14-10/h5,7,9,12H,3-4,6H2,1-2H3. The zero-order valence-corrected chi connectivity index (χ0v) is 11.0. The smallest absolute Gasteiger partial charge is 0.0669 e. The number of thiophene rings is 1. The van der Waals surface area contributed by atoms with Crippen LogP contribution in [0.4, 0.5) is 0 Å². The second-order valence-corrected chi connectivity index (χ2v) is 4.94. The summed E-state index contributed by atoms with van der Waals surface area (Å²) in [6.07, 6.45) is 1.07. The molecule has 4 heteroatoms. The van der Waals surface area contributed by atoms with Gasteiger partial charge >= 0.3 is 0 Å². The summed E-state index contributed by atoms with van der Waals surface area (Å²) in [5, 5.41) is 5.35. The van der Waals surface area contributed by atoms with E-state index in [0.717, 1.165) is 24.1 Å². The van der Waals surface area contributed by atoms with Gasteiger partial charge in [-0.3, -0.25) is 0 Å². The summed E-state index contributed by atoms with van der Waals surface area (Å²) in [6.45, 7) is 3.71. The lowest BCUT2D eigenvalue weighted by molar-refractivity contribution is 0.115. The highest BCUT2D eigenvalue weighted by Crippen LogP contribution is 2.25. The highest BCUT2D eigenvalue weighted by Gasteiger charge is 2.10. The molecule has 1 unspecified atom stereocenters. The molecule has 14 heavy (non-hydrogen) atoms. The van der Waals surface area contributed by atoms with Crippen molar-refractivity contribution >= 4 is 27.3 Å². The first-order valence-corrected chi connectivity index (χ1v) is 6.44. The zero-order chi connectivity index (χ0) is 10.4. The molecule has 0 bridgehead atoms. The molecule has 0 fully saturated rings. The monoisotopic (exact) mass is 277 g/mol. The number of hydrogen-bond donors (Lipinski definition) is 1. The van der Waals surface area contributed by atoms with Gasteiger partial charge in [-0.25, -0.2) is 0 Å². The van der Waals surface area contributed by atoms with Gasteiger partial charge in [0.25, 0.3) is 0 Å². The lowest BCUT2D eigenvalue weighted by atomic mass is 10.2. The van der Waals surface area contributed by atoms with E-state index in [4.69, 9.17) is 4.74 Å². The number of halogens is 1. The van der Waals surface area contributed by atoms with E-state index in [1.165, 1.54) is 4.88 Å². The summed E-state index contributed by atoms with van der Waals surface area (Å²) < 4.78 is 6.67. The number of likely N-dealkylation sites (N-methyl/N-ethyl adjacent to an activating group) is 1. The molecule has 1 atom stereocenters. The summed E-state index contributed by atoms with van der Waals surface area (Å²) in [4.78, 5) is 1.32. The fourth-order valence-corrected chi connectivity index (χ4v) is 2.70. The molecule has 0 aromatic carbocycles. The van der Waals surface area contributed by atoms with Crippen LogP contribution >= 0.6 is 27.3 Å². The molecule has 0 radical (unpaired) electrons. The normalized spacial score (nSPS) is 13.1. The van der Waals surface area contributed by atoms with Crippen LogP contribution in [0, 0.1) is 0 Å². The highest BCUT2D eigenvalue weighted by atomic mass is 79.9. The minimum absolute atomic E-state index is 0.317. The Labute approximate surface area is 97.8 Å². The maximum absolute atomic E-state index is 5.53. The Bertz CT molecular complexity index is 264. The lowest BCUT2D eigenvalue weighted by Gasteiger charge is -2.14. The third kappa shape index (κ3) is 3.69. The molecular formula is C10H16BrNOS. The van der Waals surface area contributed by atoms with Crippen molar-refractivity contribution < 1.29 is 4.74 Å². The van der Waals surface area contributed by atoms with E-state index in [1.807, 2.05) is 7.05 Å². The topological polar surface area (TPSA) is 21.3 Å². The molecule has 2 nitrogen and oxygen atoms in total. The average Bonchev–Trinajstić information content (AvgIpc) is 2.60. The van der Waals surface area contributed by atoms with E-state index < -0.39 is 0 Å². The Morgan fingerprint density at radius 1 is 1.64 bits per heavy atom. The summed E-state index contributed by atoms with van der Waals surface area (Å²) in [6, 6.07) is 2.46. The predicted octanol–water partition coefficient (Wildman–Crippen LogP) is 3.20. The lowest BCUT2D eigenvalue weighted by Crippen LogP contribution is -2.20. The van der Waals surface area contributed by atoms with Crippen LogP contribution in [-0.2, 0) is 4.74 Å². The van der Waals surface area contributed by atoms with Crippen molar-refractivity contribution in [2.24, 2.45) is 0 Å². The second kappa shape index (κ2) is 6.56. The maximum Gasteiger partial charge on any atom is 0.0669 e. The number of hydrogen-bond acceptors (Lipinski definition) is 3. The van der Waals surface area contributed by atoms with Crippen LogP contribution in [0.2, 0.25) is 0 Å². The third-order valence-corrected chi connectivity index (χ3v) is 3.72. The van der Waals surface area contributed by atoms with Crippen LogP contribution in [0.1, 0.15) is 24.3 Å². The van der Waals surface area contributed by atoms with Crippen LogP contribution in [0.15, 0.2) is 15.9 Å². The first kappa shape index (κ1) is 12.2. The molecule has 0 spiro atoms. The summed E-state index contributed by atoms with van der Waals surface area (Å²) in [7, 11) is 1.97. The van der Waals surface area contributed by atoms with Gasteiger partial charge in [0, 0.05) is 21.3 Å². The van der Waals surface area contributed by atoms with Gasteiger partial charge in [0.2, 0.25) is 0 Å². The number of nitrogens with one attached hydrogen (secondary N) is 1. The molecule has 1 heterocycles. The van der Waals surface area contributed by atoms with E-state index >= 15 is 0 Å². The van der Waals surface area contributed by atoms with E-state index in [1.54, 1.807) is 11.3 Å². The number of ether oxygens (including phenoxy) is 1. The van der Waals surface area contributed by atoms with Gasteiger partial charge < -0.3 is 10.1 Å². The Morgan fingerprint density at radius 3 is 2.93 bits per heavy atom. The number of rotatable bonds is 6. The SMILES string of the molecule is CCCOCC(NC)c1cc(Br)cs1. The van der Waals surface area contributed by atoms with Crippen molar-refractivity contribution in [1.29, 1.82) is 0 Å². The van der Waals surface area contributed by atoms with Gasteiger partial charge in [0.05, 0.1) is 12.6 Å². The quantitative estimate of drug-likeness (QED) is 0.807. The Kier molecular flexibility index (Phi) is 5.70. The van der Waals surface area contributed by atoms with Crippen molar-refractivity contribution in [2.75, 3.05) is 20.3 Å². The van der Waals surface area contributed by atoms with Crippen molar-refractivity contribution in [3.8, 4) is 0 Å². The molecule has 0 aliphatic rings. The van der Waals surface area contributed by atoms with Gasteiger partial charge in [-0.05, 0) is 35.5 Å². The van der Waals surface area contributed by atoms with Crippen LogP contribution < -0.4 is 5.32 Å². The average molecular weight is 278 g/mol. The molecule has 80 valence electrons. The Morgan fingerprint density at radius 2 is 2.43 bits per heavy atom. The summed E-state index contributed by atoms with van der Waals surface area (Å²) in [5.41, 5.74) is 0. The minimum Gasteiger partial charge on any atom is -0.379 e. The molecule has 0 saturated heterocycles. The first-order chi connectivity index (χ1) is 6.77. The molecule has 1 aromatic rings. The van der Waals surface area contributed by atoms with Crippen LogP contribution in [0.25, 0.3) is 0 Å². The molecule has 1 N–H and O–H groups in total. The van der Waals surface area contributed by atoms with Crippen molar-refractivity contribution in [3.05, 3.63) is 20.8 Å². The Balaban J connectivity index is 2.45. The molecule has 0 aliphatic heterocycles. The fraction of sp³-hybridized carbons (Fsp3) is 0.600. The summed E-state index contributed by atoms with van der Waals surface area (Å²) in [5.74, 6) is 0. The molecule has 0 aliphatic carbocycles. The first-order valence-electron chi connectivity index (χ1n) is 4.76. The van der Waals surface area contributed by atoms with E-state index in [9.17, 15) is 0 Å². The minimum atomic E-state index is 0.317. The van der Waals surface area contributed by atoms with Gasteiger partial charge in [0.1, 0.15) is 0 Å². The predicted molar refractivity (Wildman–Crippen MR) is 64.9 cm³/mol. The molecule has 0 amide bonds. The molecule has 1 aromatic heterocycles. The second-order valence-electron chi connectivity index (χ2n) is 3.08. The van der Waals surface area contributed by atoms with E-state index in [-0.39, 0.29) is 0 Å². The third-order valence-electron chi connectivity index (χ3n) is 1.91. The largest absolute Gasteiger partial charge is 0.379 e. The van der Waals surface area contributed by atoms with Crippen LogP contribution in [0.3, 0.4) is 0 Å². The van der Waals surface area contributed by atoms with Gasteiger partial charge in [-0.1, -0.05) is 6.92 Å².